The maximum absolute atomic E-state index is 11.8. The van der Waals surface area contributed by atoms with Gasteiger partial charge in [-0.1, -0.05) is 12.1 Å². The molecule has 0 aromatic heterocycles. The van der Waals surface area contributed by atoms with Gasteiger partial charge in [0.1, 0.15) is 5.75 Å². The van der Waals surface area contributed by atoms with Gasteiger partial charge in [0.2, 0.25) is 11.8 Å². The first-order chi connectivity index (χ1) is 9.54. The summed E-state index contributed by atoms with van der Waals surface area (Å²) < 4.78 is 0. The Morgan fingerprint density at radius 3 is 2.55 bits per heavy atom. The van der Waals surface area contributed by atoms with Gasteiger partial charge in [0.05, 0.1) is 12.6 Å². The van der Waals surface area contributed by atoms with Crippen LogP contribution >= 0.6 is 0 Å². The monoisotopic (exact) mass is 277 g/mol. The van der Waals surface area contributed by atoms with Crippen molar-refractivity contribution in [2.24, 2.45) is 5.73 Å². The predicted molar refractivity (Wildman–Crippen MR) is 74.0 cm³/mol. The summed E-state index contributed by atoms with van der Waals surface area (Å²) in [4.78, 5) is 23.2. The molecule has 5 N–H and O–H groups in total. The molecule has 0 aliphatic heterocycles. The van der Waals surface area contributed by atoms with Gasteiger partial charge in [-0.05, 0) is 37.0 Å². The molecule has 2 rings (SSSR count). The Morgan fingerprint density at radius 1 is 1.30 bits per heavy atom. The van der Waals surface area contributed by atoms with Crippen molar-refractivity contribution >= 4 is 11.8 Å². The number of aromatic hydroxyl groups is 1. The highest BCUT2D eigenvalue weighted by Crippen LogP contribution is 2.18. The summed E-state index contributed by atoms with van der Waals surface area (Å²) >= 11 is 0. The number of nitrogens with one attached hydrogen (secondary N) is 2. The molecule has 0 heterocycles. The molecular weight excluding hydrogens is 258 g/mol. The molecule has 0 bridgehead atoms. The average Bonchev–Trinajstić information content (AvgIpc) is 3.22. The number of rotatable bonds is 6. The van der Waals surface area contributed by atoms with Crippen LogP contribution < -0.4 is 16.4 Å². The van der Waals surface area contributed by atoms with E-state index in [1.807, 2.05) is 0 Å². The summed E-state index contributed by atoms with van der Waals surface area (Å²) in [6.07, 6.45) is 2.39. The van der Waals surface area contributed by atoms with Gasteiger partial charge in [-0.15, -0.1) is 0 Å². The molecule has 6 heteroatoms. The lowest BCUT2D eigenvalue weighted by molar-refractivity contribution is -0.126. The topological polar surface area (TPSA) is 104 Å². The third-order valence-corrected chi connectivity index (χ3v) is 3.09. The van der Waals surface area contributed by atoms with E-state index in [0.29, 0.717) is 6.42 Å². The van der Waals surface area contributed by atoms with Crippen LogP contribution in [0.15, 0.2) is 24.3 Å². The first kappa shape index (κ1) is 14.3. The average molecular weight is 277 g/mol. The van der Waals surface area contributed by atoms with E-state index in [1.54, 1.807) is 24.3 Å². The molecule has 1 saturated carbocycles. The highest BCUT2D eigenvalue weighted by molar-refractivity contribution is 5.87. The van der Waals surface area contributed by atoms with Crippen LogP contribution in [0.25, 0.3) is 0 Å². The van der Waals surface area contributed by atoms with Crippen molar-refractivity contribution < 1.29 is 14.7 Å². The second kappa shape index (κ2) is 6.38. The Labute approximate surface area is 117 Å². The quantitative estimate of drug-likeness (QED) is 0.571. The lowest BCUT2D eigenvalue weighted by Gasteiger charge is -2.12. The fourth-order valence-electron chi connectivity index (χ4n) is 1.78. The Kier molecular flexibility index (Phi) is 4.57. The van der Waals surface area contributed by atoms with E-state index in [9.17, 15) is 9.59 Å². The smallest absolute Gasteiger partial charge is 0.239 e. The van der Waals surface area contributed by atoms with Crippen LogP contribution in [-0.4, -0.2) is 35.5 Å². The molecule has 20 heavy (non-hydrogen) atoms. The van der Waals surface area contributed by atoms with Crippen LogP contribution in [0.1, 0.15) is 18.4 Å². The van der Waals surface area contributed by atoms with E-state index >= 15 is 0 Å². The van der Waals surface area contributed by atoms with E-state index in [-0.39, 0.29) is 30.2 Å². The molecule has 1 unspecified atom stereocenters. The van der Waals surface area contributed by atoms with E-state index in [4.69, 9.17) is 10.8 Å². The minimum atomic E-state index is -0.715. The van der Waals surface area contributed by atoms with Gasteiger partial charge in [0.25, 0.3) is 0 Å². The second-order valence-electron chi connectivity index (χ2n) is 5.04. The van der Waals surface area contributed by atoms with E-state index in [0.717, 1.165) is 18.4 Å². The summed E-state index contributed by atoms with van der Waals surface area (Å²) in [5.41, 5.74) is 6.64. The first-order valence-corrected chi connectivity index (χ1v) is 6.65. The Hall–Kier alpha value is -2.08. The number of carbonyl (C=O) groups excluding carboxylic acids is 2. The van der Waals surface area contributed by atoms with Crippen LogP contribution in [0.2, 0.25) is 0 Å². The maximum Gasteiger partial charge on any atom is 0.239 e. The molecular formula is C14H19N3O3. The van der Waals surface area contributed by atoms with Gasteiger partial charge in [0.15, 0.2) is 0 Å². The molecule has 0 radical (unpaired) electrons. The Bertz CT molecular complexity index is 483. The minimum absolute atomic E-state index is 0.0430. The lowest BCUT2D eigenvalue weighted by atomic mass is 10.1. The van der Waals surface area contributed by atoms with Gasteiger partial charge < -0.3 is 21.5 Å². The SMILES string of the molecule is NC(Cc1ccc(O)cc1)C(=O)NCC(=O)NC1CC1. The van der Waals surface area contributed by atoms with Crippen molar-refractivity contribution in [1.29, 1.82) is 0 Å². The third-order valence-electron chi connectivity index (χ3n) is 3.09. The number of nitrogens with two attached hydrogens (primary N) is 1. The van der Waals surface area contributed by atoms with E-state index < -0.39 is 6.04 Å². The fraction of sp³-hybridized carbons (Fsp3) is 0.429. The minimum Gasteiger partial charge on any atom is -0.508 e. The summed E-state index contributed by atoms with van der Waals surface area (Å²) in [5.74, 6) is -0.370. The van der Waals surface area contributed by atoms with Crippen molar-refractivity contribution in [3.05, 3.63) is 29.8 Å². The van der Waals surface area contributed by atoms with Crippen LogP contribution in [0.3, 0.4) is 0 Å². The standard InChI is InChI=1S/C14H19N3O3/c15-12(7-9-1-5-11(18)6-2-9)14(20)16-8-13(19)17-10-3-4-10/h1-2,5-6,10,12,18H,3-4,7-8,15H2,(H,16,20)(H,17,19). The summed E-state index contributed by atoms with van der Waals surface area (Å²) in [7, 11) is 0. The second-order valence-corrected chi connectivity index (χ2v) is 5.04. The van der Waals surface area contributed by atoms with Crippen molar-refractivity contribution in [3.63, 3.8) is 0 Å². The van der Waals surface area contributed by atoms with Crippen LogP contribution in [0.4, 0.5) is 0 Å². The maximum atomic E-state index is 11.8. The summed E-state index contributed by atoms with van der Waals surface area (Å²) in [6, 6.07) is 6.08. The molecule has 1 aromatic rings. The normalized spacial score (nSPS) is 15.4. The number of phenolic OH excluding ortho intramolecular Hbond substituents is 1. The number of hydrogen-bond acceptors (Lipinski definition) is 4. The van der Waals surface area contributed by atoms with Gasteiger partial charge in [-0.25, -0.2) is 0 Å². The number of phenols is 1. The molecule has 108 valence electrons. The number of benzene rings is 1. The zero-order chi connectivity index (χ0) is 14.5. The summed E-state index contributed by atoms with van der Waals surface area (Å²) in [6.45, 7) is -0.0430. The summed E-state index contributed by atoms with van der Waals surface area (Å²) in [5, 5.41) is 14.5. The van der Waals surface area contributed by atoms with Crippen molar-refractivity contribution in [2.45, 2.75) is 31.3 Å². The van der Waals surface area contributed by atoms with E-state index in [2.05, 4.69) is 10.6 Å². The molecule has 0 saturated heterocycles. The number of hydrogen-bond donors (Lipinski definition) is 4. The highest BCUT2D eigenvalue weighted by Gasteiger charge is 2.23. The predicted octanol–water partition coefficient (Wildman–Crippen LogP) is -0.343. The molecule has 1 aliphatic rings. The Morgan fingerprint density at radius 2 is 1.95 bits per heavy atom. The van der Waals surface area contributed by atoms with Crippen LogP contribution in [0.5, 0.6) is 5.75 Å². The van der Waals surface area contributed by atoms with Crippen molar-refractivity contribution in [3.8, 4) is 5.75 Å². The third kappa shape index (κ3) is 4.55. The number of carbonyl (C=O) groups is 2. The molecule has 2 amide bonds. The zero-order valence-corrected chi connectivity index (χ0v) is 11.1. The number of amides is 2. The van der Waals surface area contributed by atoms with Crippen molar-refractivity contribution in [1.82, 2.24) is 10.6 Å². The Balaban J connectivity index is 1.73. The molecule has 0 spiro atoms. The largest absolute Gasteiger partial charge is 0.508 e. The van der Waals surface area contributed by atoms with Gasteiger partial charge in [-0.2, -0.15) is 0 Å². The molecule has 1 aromatic carbocycles. The molecule has 1 fully saturated rings. The molecule has 1 atom stereocenters. The molecule has 1 aliphatic carbocycles. The highest BCUT2D eigenvalue weighted by atomic mass is 16.3. The van der Waals surface area contributed by atoms with Gasteiger partial charge in [0, 0.05) is 6.04 Å². The zero-order valence-electron chi connectivity index (χ0n) is 11.1. The fourth-order valence-corrected chi connectivity index (χ4v) is 1.78. The van der Waals surface area contributed by atoms with E-state index in [1.165, 1.54) is 0 Å². The van der Waals surface area contributed by atoms with Crippen LogP contribution in [0, 0.1) is 0 Å². The first-order valence-electron chi connectivity index (χ1n) is 6.65. The lowest BCUT2D eigenvalue weighted by Crippen LogP contribution is -2.46. The van der Waals surface area contributed by atoms with Gasteiger partial charge in [-0.3, -0.25) is 9.59 Å². The van der Waals surface area contributed by atoms with Crippen LogP contribution in [-0.2, 0) is 16.0 Å². The van der Waals surface area contributed by atoms with Gasteiger partial charge >= 0.3 is 0 Å². The molecule has 6 nitrogen and oxygen atoms in total. The van der Waals surface area contributed by atoms with Crippen molar-refractivity contribution in [2.75, 3.05) is 6.54 Å².